The van der Waals surface area contributed by atoms with Gasteiger partial charge in [0.05, 0.1) is 17.4 Å². The van der Waals surface area contributed by atoms with E-state index < -0.39 is 11.5 Å². The van der Waals surface area contributed by atoms with Gasteiger partial charge in [0.25, 0.3) is 0 Å². The topological polar surface area (TPSA) is 79.5 Å². The summed E-state index contributed by atoms with van der Waals surface area (Å²) in [6, 6.07) is -0.643. The Morgan fingerprint density at radius 2 is 2.41 bits per heavy atom. The van der Waals surface area contributed by atoms with Crippen molar-refractivity contribution >= 4 is 23.7 Å². The van der Waals surface area contributed by atoms with E-state index in [1.165, 1.54) is 24.1 Å². The molecule has 0 saturated heterocycles. The fourth-order valence-electron chi connectivity index (χ4n) is 1.61. The van der Waals surface area contributed by atoms with Crippen molar-refractivity contribution in [1.29, 1.82) is 0 Å². The highest BCUT2D eigenvalue weighted by molar-refractivity contribution is 6.30. The molecule has 6 nitrogen and oxygen atoms in total. The minimum atomic E-state index is -0.704. The third-order valence-corrected chi connectivity index (χ3v) is 2.62. The number of nitrogens with zero attached hydrogens (tertiary/aromatic N) is 3. The lowest BCUT2D eigenvalue weighted by molar-refractivity contribution is -0.126. The molecule has 7 heteroatoms. The number of carbonyl (C=O) groups is 1. The summed E-state index contributed by atoms with van der Waals surface area (Å²) in [5, 5.41) is 18.6. The number of hydrogen-bond donors (Lipinski definition) is 2. The van der Waals surface area contributed by atoms with Crippen LogP contribution in [0.3, 0.4) is 0 Å². The van der Waals surface area contributed by atoms with Gasteiger partial charge in [-0.2, -0.15) is 5.10 Å². The van der Waals surface area contributed by atoms with Crippen LogP contribution < -0.4 is 5.32 Å². The average Bonchev–Trinajstić information content (AvgIpc) is 2.64. The molecule has 0 aliphatic heterocycles. The molecular weight excluding hydrogens is 244 g/mol. The van der Waals surface area contributed by atoms with Crippen LogP contribution in [0.1, 0.15) is 19.9 Å². The third kappa shape index (κ3) is 2.97. The maximum Gasteiger partial charge on any atom is 0.245 e. The Bertz CT molecular complexity index is 428. The summed E-state index contributed by atoms with van der Waals surface area (Å²) in [5.41, 5.74) is -0.704. The predicted octanol–water partition coefficient (Wildman–Crippen LogP) is 1.31. The Morgan fingerprint density at radius 3 is 2.82 bits per heavy atom. The van der Waals surface area contributed by atoms with Gasteiger partial charge in [0.2, 0.25) is 5.91 Å². The van der Waals surface area contributed by atoms with E-state index in [-0.39, 0.29) is 5.91 Å². The van der Waals surface area contributed by atoms with Gasteiger partial charge in [-0.3, -0.25) is 9.48 Å². The lowest BCUT2D eigenvalue weighted by atomic mass is 9.85. The van der Waals surface area contributed by atoms with Crippen LogP contribution in [-0.2, 0) is 4.79 Å². The molecule has 0 spiro atoms. The molecule has 2 N–H and O–H groups in total. The van der Waals surface area contributed by atoms with Crippen molar-refractivity contribution in [2.45, 2.75) is 19.9 Å². The van der Waals surface area contributed by atoms with E-state index in [4.69, 9.17) is 16.8 Å². The highest BCUT2D eigenvalue weighted by atomic mass is 35.5. The zero-order valence-corrected chi connectivity index (χ0v) is 10.6. The van der Waals surface area contributed by atoms with Crippen molar-refractivity contribution in [2.75, 3.05) is 7.05 Å². The molecule has 0 radical (unpaired) electrons. The molecule has 0 aliphatic rings. The highest BCUT2D eigenvalue weighted by Crippen LogP contribution is 2.29. The van der Waals surface area contributed by atoms with E-state index in [2.05, 4.69) is 15.6 Å². The van der Waals surface area contributed by atoms with Gasteiger partial charge in [0, 0.05) is 18.7 Å². The van der Waals surface area contributed by atoms with Gasteiger partial charge in [-0.25, -0.2) is 0 Å². The van der Waals surface area contributed by atoms with Gasteiger partial charge in [-0.1, -0.05) is 25.4 Å². The van der Waals surface area contributed by atoms with Crippen molar-refractivity contribution in [2.24, 2.45) is 10.6 Å². The maximum atomic E-state index is 11.9. The molecule has 1 rings (SSSR count). The van der Waals surface area contributed by atoms with Gasteiger partial charge in [-0.05, 0) is 0 Å². The summed E-state index contributed by atoms with van der Waals surface area (Å²) in [6.45, 7) is 3.53. The first-order valence-electron chi connectivity index (χ1n) is 5.02. The van der Waals surface area contributed by atoms with Crippen LogP contribution in [0.15, 0.2) is 17.5 Å². The molecule has 0 aromatic carbocycles. The number of amides is 1. The van der Waals surface area contributed by atoms with Crippen molar-refractivity contribution < 1.29 is 10.0 Å². The summed E-state index contributed by atoms with van der Waals surface area (Å²) >= 11 is 5.78. The Morgan fingerprint density at radius 1 is 1.76 bits per heavy atom. The maximum absolute atomic E-state index is 11.9. The van der Waals surface area contributed by atoms with E-state index in [0.29, 0.717) is 5.02 Å². The summed E-state index contributed by atoms with van der Waals surface area (Å²) in [7, 11) is 1.53. The third-order valence-electron chi connectivity index (χ3n) is 2.42. The van der Waals surface area contributed by atoms with E-state index in [1.807, 2.05) is 0 Å². The molecule has 1 atom stereocenters. The SMILES string of the molecule is CNC(=O)C(n1cc(Cl)cn1)C(C)(C)C=NO. The van der Waals surface area contributed by atoms with E-state index in [9.17, 15) is 4.79 Å². The van der Waals surface area contributed by atoms with Gasteiger partial charge >= 0.3 is 0 Å². The molecule has 94 valence electrons. The lowest BCUT2D eigenvalue weighted by Gasteiger charge is -2.28. The fraction of sp³-hybridized carbons (Fsp3) is 0.500. The molecule has 17 heavy (non-hydrogen) atoms. The quantitative estimate of drug-likeness (QED) is 0.485. The molecule has 1 aromatic rings. The Labute approximate surface area is 104 Å². The lowest BCUT2D eigenvalue weighted by Crippen LogP contribution is -2.40. The van der Waals surface area contributed by atoms with Gasteiger partial charge < -0.3 is 10.5 Å². The van der Waals surface area contributed by atoms with Gasteiger partial charge in [-0.15, -0.1) is 5.16 Å². The number of hydrogen-bond acceptors (Lipinski definition) is 4. The molecule has 0 saturated carbocycles. The zero-order valence-electron chi connectivity index (χ0n) is 9.88. The number of halogens is 1. The molecule has 1 heterocycles. The van der Waals surface area contributed by atoms with Crippen LogP contribution in [0.25, 0.3) is 0 Å². The van der Waals surface area contributed by atoms with E-state index >= 15 is 0 Å². The second kappa shape index (κ2) is 5.18. The standard InChI is InChI=1S/C10H15ClN4O2/c1-10(2,6-14-17)8(9(16)12-3)15-5-7(11)4-13-15/h4-6,8,17H,1-3H3,(H,12,16). The fourth-order valence-corrected chi connectivity index (χ4v) is 1.75. The van der Waals surface area contributed by atoms with Crippen LogP contribution in [0.4, 0.5) is 0 Å². The van der Waals surface area contributed by atoms with Gasteiger partial charge in [0.15, 0.2) is 0 Å². The first-order chi connectivity index (χ1) is 7.92. The van der Waals surface area contributed by atoms with Crippen LogP contribution in [0.2, 0.25) is 5.02 Å². The molecule has 0 fully saturated rings. The largest absolute Gasteiger partial charge is 0.411 e. The molecule has 1 unspecified atom stereocenters. The smallest absolute Gasteiger partial charge is 0.245 e. The minimum absolute atomic E-state index is 0.241. The zero-order chi connectivity index (χ0) is 13.1. The van der Waals surface area contributed by atoms with Crippen LogP contribution >= 0.6 is 11.6 Å². The monoisotopic (exact) mass is 258 g/mol. The number of likely N-dealkylation sites (N-methyl/N-ethyl adjacent to an activating group) is 1. The Hall–Kier alpha value is -1.56. The second-order valence-electron chi connectivity index (χ2n) is 4.22. The van der Waals surface area contributed by atoms with Crippen LogP contribution in [0.5, 0.6) is 0 Å². The summed E-state index contributed by atoms with van der Waals surface area (Å²) in [4.78, 5) is 11.9. The number of oxime groups is 1. The molecule has 0 bridgehead atoms. The van der Waals surface area contributed by atoms with Crippen molar-refractivity contribution in [1.82, 2.24) is 15.1 Å². The average molecular weight is 259 g/mol. The van der Waals surface area contributed by atoms with Crippen molar-refractivity contribution in [3.05, 3.63) is 17.4 Å². The van der Waals surface area contributed by atoms with Crippen LogP contribution in [0, 0.1) is 5.41 Å². The number of carbonyl (C=O) groups excluding carboxylic acids is 1. The summed E-state index contributed by atoms with van der Waals surface area (Å²) in [6.07, 6.45) is 4.29. The molecular formula is C10H15ClN4O2. The molecule has 1 amide bonds. The number of rotatable bonds is 4. The van der Waals surface area contributed by atoms with Crippen molar-refractivity contribution in [3.63, 3.8) is 0 Å². The minimum Gasteiger partial charge on any atom is -0.411 e. The second-order valence-corrected chi connectivity index (χ2v) is 4.66. The predicted molar refractivity (Wildman–Crippen MR) is 64.4 cm³/mol. The van der Waals surface area contributed by atoms with E-state index in [1.54, 1.807) is 20.0 Å². The normalized spacial score (nSPS) is 13.9. The number of nitrogens with one attached hydrogen (secondary N) is 1. The van der Waals surface area contributed by atoms with E-state index in [0.717, 1.165) is 0 Å². The van der Waals surface area contributed by atoms with Crippen molar-refractivity contribution in [3.8, 4) is 0 Å². The molecule has 0 aliphatic carbocycles. The summed E-state index contributed by atoms with van der Waals surface area (Å²) < 4.78 is 1.45. The first kappa shape index (κ1) is 13.5. The highest BCUT2D eigenvalue weighted by Gasteiger charge is 2.36. The Kier molecular flexibility index (Phi) is 4.11. The Balaban J connectivity index is 3.17. The number of aromatic nitrogens is 2. The molecule has 1 aromatic heterocycles. The van der Waals surface area contributed by atoms with Crippen LogP contribution in [-0.4, -0.2) is 34.2 Å². The summed E-state index contributed by atoms with van der Waals surface area (Å²) in [5.74, 6) is -0.241. The first-order valence-corrected chi connectivity index (χ1v) is 5.40. The van der Waals surface area contributed by atoms with Gasteiger partial charge in [0.1, 0.15) is 6.04 Å².